The first-order chi connectivity index (χ1) is 10.0. The van der Waals surface area contributed by atoms with Crippen LogP contribution in [0.4, 0.5) is 0 Å². The summed E-state index contributed by atoms with van der Waals surface area (Å²) < 4.78 is 0. The van der Waals surface area contributed by atoms with Crippen molar-refractivity contribution in [2.45, 2.75) is 44.4 Å². The second-order valence-electron chi connectivity index (χ2n) is 6.42. The van der Waals surface area contributed by atoms with Crippen LogP contribution in [-0.2, 0) is 17.2 Å². The van der Waals surface area contributed by atoms with E-state index in [1.807, 2.05) is 0 Å². The van der Waals surface area contributed by atoms with E-state index in [9.17, 15) is 0 Å². The third-order valence-corrected chi connectivity index (χ3v) is 6.25. The van der Waals surface area contributed by atoms with Gasteiger partial charge in [-0.3, -0.25) is 0 Å². The molecule has 0 aromatic heterocycles. The Kier molecular flexibility index (Phi) is 6.07. The zero-order valence-electron chi connectivity index (χ0n) is 13.6. The van der Waals surface area contributed by atoms with E-state index < -0.39 is 0 Å². The molecule has 0 saturated carbocycles. The van der Waals surface area contributed by atoms with E-state index in [1.165, 1.54) is 56.7 Å². The van der Waals surface area contributed by atoms with Gasteiger partial charge in [-0.1, -0.05) is 52.0 Å². The third-order valence-electron chi connectivity index (χ3n) is 3.58. The van der Waals surface area contributed by atoms with Crippen LogP contribution in [0.1, 0.15) is 39.7 Å². The fourth-order valence-electron chi connectivity index (χ4n) is 2.55. The molecule has 0 bridgehead atoms. The molecule has 0 spiro atoms. The summed E-state index contributed by atoms with van der Waals surface area (Å²) in [6.45, 7) is 9.15. The topological polar surface area (TPSA) is 0 Å². The number of hydrogen-bond acceptors (Lipinski definition) is 1. The minimum absolute atomic E-state index is 0.200. The molecule has 2 rings (SSSR count). The van der Waals surface area contributed by atoms with Gasteiger partial charge in [0.15, 0.2) is 4.90 Å². The lowest BCUT2D eigenvalue weighted by Crippen LogP contribution is -2.12. The lowest BCUT2D eigenvalue weighted by Gasteiger charge is -2.21. The van der Waals surface area contributed by atoms with E-state index in [0.29, 0.717) is 0 Å². The normalized spacial score (nSPS) is 12.0. The number of rotatable bonds is 6. The highest BCUT2D eigenvalue weighted by molar-refractivity contribution is 7.99. The Morgan fingerprint density at radius 3 is 2.33 bits per heavy atom. The summed E-state index contributed by atoms with van der Waals surface area (Å²) >= 11 is 3.54. The van der Waals surface area contributed by atoms with Crippen molar-refractivity contribution in [3.63, 3.8) is 0 Å². The molecule has 0 N–H and O–H groups in total. The van der Waals surface area contributed by atoms with Crippen molar-refractivity contribution in [2.24, 2.45) is 0 Å². The summed E-state index contributed by atoms with van der Waals surface area (Å²) in [6.07, 6.45) is 1.28. The number of fused-ring (bicyclic) bond motifs is 1. The smallest absolute Gasteiger partial charge is 0.157 e. The molecule has 0 radical (unpaired) electrons. The van der Waals surface area contributed by atoms with Gasteiger partial charge in [-0.2, -0.15) is 11.8 Å². The van der Waals surface area contributed by atoms with Crippen molar-refractivity contribution in [2.75, 3.05) is 17.3 Å². The molecular weight excluding hydrogens is 292 g/mol. The average Bonchev–Trinajstić information content (AvgIpc) is 2.45. The molecule has 114 valence electrons. The fourth-order valence-corrected chi connectivity index (χ4v) is 4.71. The summed E-state index contributed by atoms with van der Waals surface area (Å²) in [5.74, 6) is 3.81. The number of hydrogen-bond donors (Lipinski definition) is 0. The van der Waals surface area contributed by atoms with Crippen LogP contribution in [0, 0.1) is 0 Å². The van der Waals surface area contributed by atoms with Crippen molar-refractivity contribution in [3.05, 3.63) is 42.0 Å². The summed E-state index contributed by atoms with van der Waals surface area (Å²) in [5, 5.41) is 2.86. The van der Waals surface area contributed by atoms with Crippen LogP contribution in [0.15, 0.2) is 41.3 Å². The molecule has 2 aromatic carbocycles. The summed E-state index contributed by atoms with van der Waals surface area (Å²) in [4.78, 5) is 1.48. The van der Waals surface area contributed by atoms with Gasteiger partial charge < -0.3 is 0 Å². The van der Waals surface area contributed by atoms with Gasteiger partial charge in [0.25, 0.3) is 0 Å². The molecule has 0 saturated heterocycles. The SMILES string of the molecule is CCCSCC[SH+]c1ccc(C(C)(C)C)c2ccccc12. The minimum atomic E-state index is 0.200. The van der Waals surface area contributed by atoms with Crippen LogP contribution in [0.2, 0.25) is 0 Å². The highest BCUT2D eigenvalue weighted by atomic mass is 32.2. The second-order valence-corrected chi connectivity index (χ2v) is 8.89. The largest absolute Gasteiger partial charge is 0.160 e. The molecule has 0 nitrogen and oxygen atoms in total. The van der Waals surface area contributed by atoms with Crippen LogP contribution in [0.5, 0.6) is 0 Å². The standard InChI is InChI=1S/C19H26S2/c1-5-12-20-13-14-21-18-11-10-17(19(2,3)4)15-8-6-7-9-16(15)18/h6-11H,5,12-14H2,1-4H3/p+1. The van der Waals surface area contributed by atoms with Crippen molar-refractivity contribution in [1.29, 1.82) is 0 Å². The van der Waals surface area contributed by atoms with Crippen molar-refractivity contribution in [1.82, 2.24) is 0 Å². The van der Waals surface area contributed by atoms with E-state index in [1.54, 1.807) is 0 Å². The van der Waals surface area contributed by atoms with Gasteiger partial charge in [0.2, 0.25) is 0 Å². The molecule has 2 aromatic rings. The monoisotopic (exact) mass is 319 g/mol. The average molecular weight is 320 g/mol. The molecule has 0 aliphatic heterocycles. The van der Waals surface area contributed by atoms with Crippen molar-refractivity contribution < 1.29 is 0 Å². The second kappa shape index (κ2) is 7.60. The molecule has 0 aliphatic rings. The first-order valence-electron chi connectivity index (χ1n) is 7.81. The van der Waals surface area contributed by atoms with Crippen LogP contribution >= 0.6 is 11.8 Å². The highest BCUT2D eigenvalue weighted by Gasteiger charge is 2.19. The lowest BCUT2D eigenvalue weighted by molar-refractivity contribution is 0.595. The van der Waals surface area contributed by atoms with Gasteiger partial charge in [0.1, 0.15) is 5.75 Å². The molecule has 0 amide bonds. The molecule has 21 heavy (non-hydrogen) atoms. The van der Waals surface area contributed by atoms with E-state index in [2.05, 4.69) is 75.9 Å². The Morgan fingerprint density at radius 1 is 0.952 bits per heavy atom. The summed E-state index contributed by atoms with van der Waals surface area (Å²) in [6, 6.07) is 13.6. The Labute approximate surface area is 138 Å². The van der Waals surface area contributed by atoms with E-state index >= 15 is 0 Å². The van der Waals surface area contributed by atoms with E-state index in [0.717, 1.165) is 0 Å². The highest BCUT2D eigenvalue weighted by Crippen LogP contribution is 2.32. The number of benzene rings is 2. The van der Waals surface area contributed by atoms with Crippen molar-refractivity contribution >= 4 is 34.3 Å². The zero-order chi connectivity index (χ0) is 15.3. The Balaban J connectivity index is 2.22. The lowest BCUT2D eigenvalue weighted by atomic mass is 9.84. The molecule has 0 heterocycles. The molecule has 2 heteroatoms. The minimum Gasteiger partial charge on any atom is -0.157 e. The van der Waals surface area contributed by atoms with E-state index in [4.69, 9.17) is 0 Å². The Hall–Kier alpha value is -0.600. The molecular formula is C19H27S2+. The van der Waals surface area contributed by atoms with Gasteiger partial charge in [-0.05, 0) is 40.7 Å². The number of thioether (sulfide) groups is 1. The van der Waals surface area contributed by atoms with Gasteiger partial charge >= 0.3 is 0 Å². The predicted molar refractivity (Wildman–Crippen MR) is 102 cm³/mol. The van der Waals surface area contributed by atoms with E-state index in [-0.39, 0.29) is 5.41 Å². The molecule has 0 fully saturated rings. The first-order valence-corrected chi connectivity index (χ1v) is 10.0. The van der Waals surface area contributed by atoms with Gasteiger partial charge in [0, 0.05) is 22.9 Å². The van der Waals surface area contributed by atoms with Crippen molar-refractivity contribution in [3.8, 4) is 0 Å². The van der Waals surface area contributed by atoms with Gasteiger partial charge in [-0.25, -0.2) is 0 Å². The maximum Gasteiger partial charge on any atom is 0.160 e. The zero-order valence-corrected chi connectivity index (χ0v) is 15.4. The summed E-state index contributed by atoms with van der Waals surface area (Å²) in [7, 11) is 0. The predicted octanol–water partition coefficient (Wildman–Crippen LogP) is 5.45. The maximum atomic E-state index is 2.34. The van der Waals surface area contributed by atoms with Crippen LogP contribution in [-0.4, -0.2) is 17.3 Å². The Morgan fingerprint density at radius 2 is 1.67 bits per heavy atom. The van der Waals surface area contributed by atoms with Crippen LogP contribution < -0.4 is 0 Å². The van der Waals surface area contributed by atoms with Gasteiger partial charge in [0.05, 0.1) is 0 Å². The molecule has 0 aliphatic carbocycles. The Bertz CT molecular complexity index is 582. The molecule has 0 unspecified atom stereocenters. The molecule has 0 atom stereocenters. The summed E-state index contributed by atoms with van der Waals surface area (Å²) in [5.41, 5.74) is 1.66. The quantitative estimate of drug-likeness (QED) is 0.387. The first kappa shape index (κ1) is 16.8. The van der Waals surface area contributed by atoms with Crippen LogP contribution in [0.25, 0.3) is 10.8 Å². The maximum absolute atomic E-state index is 2.34. The third kappa shape index (κ3) is 4.43. The van der Waals surface area contributed by atoms with Gasteiger partial charge in [-0.15, -0.1) is 0 Å². The fraction of sp³-hybridized carbons (Fsp3) is 0.474. The number of thiol groups is 1. The van der Waals surface area contributed by atoms with Crippen LogP contribution in [0.3, 0.4) is 0 Å².